The van der Waals surface area contributed by atoms with Gasteiger partial charge in [0.15, 0.2) is 5.82 Å². The second-order valence-corrected chi connectivity index (χ2v) is 5.82. The van der Waals surface area contributed by atoms with Gasteiger partial charge in [0.1, 0.15) is 0 Å². The van der Waals surface area contributed by atoms with Gasteiger partial charge in [0.2, 0.25) is 5.78 Å². The summed E-state index contributed by atoms with van der Waals surface area (Å²) in [5.41, 5.74) is 1.87. The van der Waals surface area contributed by atoms with Gasteiger partial charge in [-0.3, -0.25) is 13.8 Å². The Hall–Kier alpha value is -3.15. The van der Waals surface area contributed by atoms with Crippen LogP contribution in [-0.2, 0) is 13.6 Å². The highest BCUT2D eigenvalue weighted by molar-refractivity contribution is 5.80. The summed E-state index contributed by atoms with van der Waals surface area (Å²) in [7, 11) is 3.74. The lowest BCUT2D eigenvalue weighted by Crippen LogP contribution is -2.22. The van der Waals surface area contributed by atoms with Crippen LogP contribution in [0.3, 0.4) is 0 Å². The first kappa shape index (κ1) is 14.4. The van der Waals surface area contributed by atoms with Crippen molar-refractivity contribution in [1.29, 1.82) is 0 Å². The van der Waals surface area contributed by atoms with Crippen LogP contribution < -0.4 is 10.5 Å². The third-order valence-electron chi connectivity index (χ3n) is 4.27. The van der Waals surface area contributed by atoms with E-state index in [0.29, 0.717) is 17.7 Å². The molecule has 6 heteroatoms. The molecule has 0 bridgehead atoms. The van der Waals surface area contributed by atoms with Crippen molar-refractivity contribution in [1.82, 2.24) is 19.2 Å². The van der Waals surface area contributed by atoms with Crippen LogP contribution in [-0.4, -0.2) is 26.2 Å². The Bertz CT molecular complexity index is 1080. The van der Waals surface area contributed by atoms with Crippen molar-refractivity contribution in [2.24, 2.45) is 7.05 Å². The fraction of sp³-hybridized carbons (Fsp3) is 0.167. The fourth-order valence-electron chi connectivity index (χ4n) is 2.98. The molecule has 2 aromatic carbocycles. The molecular weight excluding hydrogens is 302 g/mol. The minimum atomic E-state index is -0.0616. The van der Waals surface area contributed by atoms with Gasteiger partial charge in [-0.1, -0.05) is 30.3 Å². The van der Waals surface area contributed by atoms with E-state index in [1.165, 1.54) is 0 Å². The maximum Gasteiger partial charge on any atom is 0.262 e. The largest absolute Gasteiger partial charge is 0.367 e. The lowest BCUT2D eigenvalue weighted by Gasteiger charge is -2.18. The minimum absolute atomic E-state index is 0.0616. The number of aromatic nitrogens is 4. The van der Waals surface area contributed by atoms with E-state index in [2.05, 4.69) is 27.2 Å². The van der Waals surface area contributed by atoms with E-state index in [1.54, 1.807) is 11.6 Å². The molecule has 0 unspecified atom stereocenters. The first-order valence-corrected chi connectivity index (χ1v) is 7.75. The third-order valence-corrected chi connectivity index (χ3v) is 4.27. The van der Waals surface area contributed by atoms with Crippen LogP contribution in [0, 0.1) is 0 Å². The van der Waals surface area contributed by atoms with E-state index in [-0.39, 0.29) is 5.56 Å². The highest BCUT2D eigenvalue weighted by Gasteiger charge is 2.15. The lowest BCUT2D eigenvalue weighted by molar-refractivity contribution is 0.820. The van der Waals surface area contributed by atoms with Gasteiger partial charge >= 0.3 is 0 Å². The van der Waals surface area contributed by atoms with Gasteiger partial charge in [0.25, 0.3) is 5.56 Å². The molecule has 0 aliphatic carbocycles. The lowest BCUT2D eigenvalue weighted by atomic mass is 10.2. The molecule has 24 heavy (non-hydrogen) atoms. The first-order valence-electron chi connectivity index (χ1n) is 7.75. The average Bonchev–Trinajstić information content (AvgIpc) is 3.04. The molecule has 0 aliphatic rings. The molecule has 0 saturated heterocycles. The van der Waals surface area contributed by atoms with Crippen molar-refractivity contribution in [2.45, 2.75) is 6.54 Å². The average molecular weight is 319 g/mol. The summed E-state index contributed by atoms with van der Waals surface area (Å²) in [4.78, 5) is 14.6. The van der Waals surface area contributed by atoms with E-state index in [0.717, 1.165) is 17.0 Å². The number of para-hydroxylation sites is 2. The molecule has 0 spiro atoms. The maximum atomic E-state index is 12.5. The summed E-state index contributed by atoms with van der Waals surface area (Å²) >= 11 is 0. The Morgan fingerprint density at radius 3 is 2.50 bits per heavy atom. The molecule has 6 nitrogen and oxygen atoms in total. The molecule has 4 aromatic rings. The quantitative estimate of drug-likeness (QED) is 0.581. The topological polar surface area (TPSA) is 55.4 Å². The molecule has 2 heterocycles. The molecule has 120 valence electrons. The Labute approximate surface area is 138 Å². The molecule has 0 fully saturated rings. The summed E-state index contributed by atoms with van der Waals surface area (Å²) in [5, 5.41) is 9.21. The number of aryl methyl sites for hydroxylation is 1. The van der Waals surface area contributed by atoms with E-state index >= 15 is 0 Å². The summed E-state index contributed by atoms with van der Waals surface area (Å²) < 4.78 is 3.50. The van der Waals surface area contributed by atoms with Gasteiger partial charge in [0, 0.05) is 19.8 Å². The molecular formula is C18H17N5O. The zero-order chi connectivity index (χ0) is 16.7. The molecule has 0 aliphatic heterocycles. The predicted octanol–water partition coefficient (Wildman–Crippen LogP) is 2.22. The van der Waals surface area contributed by atoms with Crippen LogP contribution in [0.2, 0.25) is 0 Å². The van der Waals surface area contributed by atoms with Gasteiger partial charge in [0.05, 0.1) is 17.4 Å². The van der Waals surface area contributed by atoms with Gasteiger partial charge in [-0.25, -0.2) is 0 Å². The molecule has 0 N–H and O–H groups in total. The zero-order valence-corrected chi connectivity index (χ0v) is 13.5. The molecule has 0 radical (unpaired) electrons. The number of nitrogens with zero attached hydrogens (tertiary/aromatic N) is 5. The number of benzene rings is 2. The number of hydrogen-bond donors (Lipinski definition) is 0. The van der Waals surface area contributed by atoms with Gasteiger partial charge < -0.3 is 4.90 Å². The SMILES string of the molecule is CN(Cc1nnc2n(C)c(=O)c3ccccc3n12)c1ccccc1. The standard InChI is InChI=1S/C18H17N5O/c1-21(13-8-4-3-5-9-13)12-16-19-20-18-22(2)17(24)14-10-6-7-11-15(14)23(16)18/h3-11H,12H2,1-2H3. The minimum Gasteiger partial charge on any atom is -0.367 e. The van der Waals surface area contributed by atoms with Crippen molar-refractivity contribution in [3.63, 3.8) is 0 Å². The summed E-state index contributed by atoms with van der Waals surface area (Å²) in [5.74, 6) is 1.35. The highest BCUT2D eigenvalue weighted by atomic mass is 16.1. The number of hydrogen-bond acceptors (Lipinski definition) is 4. The number of fused-ring (bicyclic) bond motifs is 3. The van der Waals surface area contributed by atoms with Crippen molar-refractivity contribution in [3.05, 3.63) is 70.8 Å². The van der Waals surface area contributed by atoms with Crippen LogP contribution in [0.15, 0.2) is 59.4 Å². The van der Waals surface area contributed by atoms with Crippen LogP contribution >= 0.6 is 0 Å². The van der Waals surface area contributed by atoms with Crippen molar-refractivity contribution < 1.29 is 0 Å². The normalized spacial score (nSPS) is 11.2. The van der Waals surface area contributed by atoms with Crippen LogP contribution in [0.4, 0.5) is 5.69 Å². The van der Waals surface area contributed by atoms with Crippen molar-refractivity contribution >= 4 is 22.4 Å². The molecule has 0 atom stereocenters. The van der Waals surface area contributed by atoms with E-state index < -0.39 is 0 Å². The second-order valence-electron chi connectivity index (χ2n) is 5.82. The molecule has 2 aromatic heterocycles. The van der Waals surface area contributed by atoms with Gasteiger partial charge in [-0.15, -0.1) is 10.2 Å². The molecule has 4 rings (SSSR count). The molecule has 0 saturated carbocycles. The van der Waals surface area contributed by atoms with Crippen LogP contribution in [0.5, 0.6) is 0 Å². The zero-order valence-electron chi connectivity index (χ0n) is 13.5. The monoisotopic (exact) mass is 319 g/mol. The van der Waals surface area contributed by atoms with Crippen molar-refractivity contribution in [3.8, 4) is 0 Å². The van der Waals surface area contributed by atoms with E-state index in [1.807, 2.05) is 53.9 Å². The van der Waals surface area contributed by atoms with Crippen LogP contribution in [0.25, 0.3) is 16.7 Å². The summed E-state index contributed by atoms with van der Waals surface area (Å²) in [6.45, 7) is 0.591. The smallest absolute Gasteiger partial charge is 0.262 e. The number of anilines is 1. The summed E-state index contributed by atoms with van der Waals surface area (Å²) in [6.07, 6.45) is 0. The van der Waals surface area contributed by atoms with E-state index in [4.69, 9.17) is 0 Å². The third kappa shape index (κ3) is 2.15. The van der Waals surface area contributed by atoms with Crippen LogP contribution in [0.1, 0.15) is 5.82 Å². The predicted molar refractivity (Wildman–Crippen MR) is 94.3 cm³/mol. The van der Waals surface area contributed by atoms with Gasteiger partial charge in [-0.2, -0.15) is 0 Å². The van der Waals surface area contributed by atoms with E-state index in [9.17, 15) is 4.79 Å². The number of rotatable bonds is 3. The maximum absolute atomic E-state index is 12.5. The highest BCUT2D eigenvalue weighted by Crippen LogP contribution is 2.17. The molecule has 0 amide bonds. The first-order chi connectivity index (χ1) is 11.7. The van der Waals surface area contributed by atoms with Gasteiger partial charge in [-0.05, 0) is 24.3 Å². The Balaban J connectivity index is 1.90. The second kappa shape index (κ2) is 5.49. The Morgan fingerprint density at radius 1 is 1.00 bits per heavy atom. The Kier molecular flexibility index (Phi) is 3.30. The Morgan fingerprint density at radius 2 is 1.71 bits per heavy atom. The van der Waals surface area contributed by atoms with Crippen molar-refractivity contribution in [2.75, 3.05) is 11.9 Å². The summed E-state index contributed by atoms with van der Waals surface area (Å²) in [6, 6.07) is 17.7. The fourth-order valence-corrected chi connectivity index (χ4v) is 2.98.